The molecule has 2 fully saturated rings. The third-order valence-electron chi connectivity index (χ3n) is 11.9. The Balaban J connectivity index is 2.25. The molecule has 13 atom stereocenters. The first-order chi connectivity index (χ1) is 29.6. The van der Waals surface area contributed by atoms with Crippen LogP contribution in [0.3, 0.4) is 0 Å². The Morgan fingerprint density at radius 2 is 1.37 bits per heavy atom. The van der Waals surface area contributed by atoms with Crippen LogP contribution >= 0.6 is 7.82 Å². The number of allylic oxidation sites excluding steroid dienone is 2. The van der Waals surface area contributed by atoms with Gasteiger partial charge in [-0.3, -0.25) is 18.6 Å². The molecule has 0 aromatic rings. The topological polar surface area (TPSA) is 270 Å². The van der Waals surface area contributed by atoms with E-state index in [1.165, 1.54) is 37.8 Å². The number of carbonyl (C=O) groups is 2. The van der Waals surface area contributed by atoms with E-state index in [2.05, 4.69) is 19.1 Å². The summed E-state index contributed by atoms with van der Waals surface area (Å²) >= 11 is 0. The second-order valence-corrected chi connectivity index (χ2v) is 18.6. The molecular formula is C45H81O16P. The first-order valence-corrected chi connectivity index (χ1v) is 24.9. The number of aliphatic hydroxyl groups is 8. The number of fused-ring (bicyclic) bond motifs is 4. The molecule has 17 heteroatoms. The van der Waals surface area contributed by atoms with E-state index in [0.717, 1.165) is 51.4 Å². The van der Waals surface area contributed by atoms with Gasteiger partial charge in [0.2, 0.25) is 0 Å². The van der Waals surface area contributed by atoms with Crippen LogP contribution in [-0.2, 0) is 32.7 Å². The van der Waals surface area contributed by atoms with Crippen LogP contribution in [0.2, 0.25) is 0 Å². The van der Waals surface area contributed by atoms with Gasteiger partial charge in [-0.2, -0.15) is 0 Å². The molecule has 1 heterocycles. The fourth-order valence-corrected chi connectivity index (χ4v) is 8.94. The number of cyclic esters (lactones) is 1. The molecule has 62 heavy (non-hydrogen) atoms. The molecule has 2 aliphatic rings. The Bertz CT molecular complexity index is 1320. The SMILES string of the molecule is CCCCCC/C=C\CCCCCCCC(=O)O[C@@H]1COC(=O)CCCCCC[C@@H]2[C@@H](O)[C@H](O)[C@@H](O)[C@H](OP(=O)(O)OC1)[C@H](O)[C@H](O)[C@@H](C=C[C@@H](O)CCCCC)[C@H](O)C[C@@H]2O. The molecular weight excluding hydrogens is 827 g/mol. The number of phosphoric ester groups is 1. The average molecular weight is 909 g/mol. The molecule has 1 aliphatic heterocycles. The lowest BCUT2D eigenvalue weighted by molar-refractivity contribution is -0.167. The highest BCUT2D eigenvalue weighted by atomic mass is 31.2. The van der Waals surface area contributed by atoms with Gasteiger partial charge in [-0.05, 0) is 51.4 Å². The van der Waals surface area contributed by atoms with E-state index in [1.54, 1.807) is 0 Å². The molecule has 0 radical (unpaired) electrons. The van der Waals surface area contributed by atoms with Crippen LogP contribution in [0.15, 0.2) is 24.3 Å². The zero-order valence-electron chi connectivity index (χ0n) is 37.2. The van der Waals surface area contributed by atoms with Crippen molar-refractivity contribution in [2.24, 2.45) is 11.8 Å². The molecule has 1 saturated heterocycles. The number of carbonyl (C=O) groups excluding carboxylic acids is 2. The van der Waals surface area contributed by atoms with Gasteiger partial charge >= 0.3 is 19.8 Å². The van der Waals surface area contributed by atoms with Crippen molar-refractivity contribution in [3.63, 3.8) is 0 Å². The number of unbranched alkanes of at least 4 members (excludes halogenated alkanes) is 11. The normalized spacial score (nSPS) is 33.4. The molecule has 1 aliphatic carbocycles. The number of hydrogen-bond acceptors (Lipinski definition) is 15. The first-order valence-electron chi connectivity index (χ1n) is 23.4. The second-order valence-electron chi connectivity index (χ2n) is 17.2. The van der Waals surface area contributed by atoms with Crippen LogP contribution in [0.25, 0.3) is 0 Å². The predicted octanol–water partition coefficient (Wildman–Crippen LogP) is 5.21. The predicted molar refractivity (Wildman–Crippen MR) is 232 cm³/mol. The average Bonchev–Trinajstić information content (AvgIpc) is 3.23. The van der Waals surface area contributed by atoms with Crippen LogP contribution in [0.4, 0.5) is 0 Å². The van der Waals surface area contributed by atoms with Gasteiger partial charge in [0.15, 0.2) is 6.10 Å². The minimum absolute atomic E-state index is 0.00770. The van der Waals surface area contributed by atoms with Gasteiger partial charge in [0, 0.05) is 31.1 Å². The number of ether oxygens (including phenoxy) is 2. The van der Waals surface area contributed by atoms with Crippen molar-refractivity contribution in [1.29, 1.82) is 0 Å². The minimum atomic E-state index is -5.43. The van der Waals surface area contributed by atoms with Gasteiger partial charge in [0.25, 0.3) is 0 Å². The second kappa shape index (κ2) is 32.0. The number of phosphoric acid groups is 1. The lowest BCUT2D eigenvalue weighted by Gasteiger charge is -2.37. The summed E-state index contributed by atoms with van der Waals surface area (Å²) in [6.45, 7) is 2.82. The van der Waals surface area contributed by atoms with E-state index in [0.29, 0.717) is 44.9 Å². The zero-order chi connectivity index (χ0) is 45.9. The molecule has 1 unspecified atom stereocenters. The molecule has 16 nitrogen and oxygen atoms in total. The van der Waals surface area contributed by atoms with Gasteiger partial charge < -0.3 is 55.2 Å². The van der Waals surface area contributed by atoms with E-state index in [-0.39, 0.29) is 19.3 Å². The molecule has 0 spiro atoms. The summed E-state index contributed by atoms with van der Waals surface area (Å²) in [6, 6.07) is 0. The van der Waals surface area contributed by atoms with Crippen molar-refractivity contribution >= 4 is 19.8 Å². The van der Waals surface area contributed by atoms with E-state index < -0.39 is 112 Å². The van der Waals surface area contributed by atoms with Gasteiger partial charge in [-0.1, -0.05) is 115 Å². The maximum absolute atomic E-state index is 13.5. The molecule has 362 valence electrons. The summed E-state index contributed by atoms with van der Waals surface area (Å²) in [5.41, 5.74) is 0. The van der Waals surface area contributed by atoms with Gasteiger partial charge in [-0.15, -0.1) is 0 Å². The standard InChI is InChI=1S/C45H81O16P/c1-3-5-7-8-9-10-11-12-13-14-15-16-22-26-39(50)60-33-30-58-38(49)25-21-18-17-20-24-34-36(47)29-37(48)35(28-27-32(46)23-19-6-4-2)41(52)43(54)45(44(55)42(53)40(34)51)61-62(56,57)59-31-33/h10-11,27-28,32-37,40-48,51-55H,3-9,12-26,29-31H2,1-2H3,(H,56,57)/b11-10-,28-27?/t32-,33+,34-,35-,36-,37+,40+,41+,42-,43+,44+,45+/m0/s1. The number of hydrogen-bond donors (Lipinski definition) is 9. The Morgan fingerprint density at radius 3 is 2.06 bits per heavy atom. The molecule has 0 amide bonds. The third kappa shape index (κ3) is 22.4. The maximum Gasteiger partial charge on any atom is 0.472 e. The molecule has 9 N–H and O–H groups in total. The van der Waals surface area contributed by atoms with Gasteiger partial charge in [0.1, 0.15) is 31.0 Å². The lowest BCUT2D eigenvalue weighted by Crippen LogP contribution is -2.55. The maximum atomic E-state index is 13.5. The quantitative estimate of drug-likeness (QED) is 0.0328. The van der Waals surface area contributed by atoms with Crippen molar-refractivity contribution in [1.82, 2.24) is 0 Å². The van der Waals surface area contributed by atoms with Gasteiger partial charge in [0.05, 0.1) is 37.1 Å². The van der Waals surface area contributed by atoms with Crippen molar-refractivity contribution in [2.75, 3.05) is 13.2 Å². The van der Waals surface area contributed by atoms with Crippen LogP contribution < -0.4 is 0 Å². The van der Waals surface area contributed by atoms with Crippen LogP contribution in [0.1, 0.15) is 162 Å². The zero-order valence-corrected chi connectivity index (χ0v) is 38.1. The Kier molecular flexibility index (Phi) is 29.1. The largest absolute Gasteiger partial charge is 0.472 e. The number of rotatable bonds is 20. The number of esters is 2. The first kappa shape index (κ1) is 56.3. The van der Waals surface area contributed by atoms with Crippen LogP contribution in [-0.4, -0.2) is 132 Å². The molecule has 0 aromatic carbocycles. The number of aliphatic hydroxyl groups excluding tert-OH is 8. The summed E-state index contributed by atoms with van der Waals surface area (Å²) in [6.07, 6.45) is 3.84. The van der Waals surface area contributed by atoms with E-state index >= 15 is 0 Å². The Morgan fingerprint density at radius 1 is 0.758 bits per heavy atom. The molecule has 0 aromatic heterocycles. The van der Waals surface area contributed by atoms with Crippen molar-refractivity contribution in [3.05, 3.63) is 24.3 Å². The smallest absolute Gasteiger partial charge is 0.462 e. The molecule has 1 saturated carbocycles. The fourth-order valence-electron chi connectivity index (χ4n) is 7.96. The van der Waals surface area contributed by atoms with Crippen molar-refractivity contribution < 1.29 is 78.4 Å². The highest BCUT2D eigenvalue weighted by molar-refractivity contribution is 7.47. The van der Waals surface area contributed by atoms with Crippen LogP contribution in [0.5, 0.6) is 0 Å². The highest BCUT2D eigenvalue weighted by Crippen LogP contribution is 2.47. The Labute approximate surface area is 369 Å². The fraction of sp³-hybridized carbons (Fsp3) is 0.867. The summed E-state index contributed by atoms with van der Waals surface area (Å²) in [5.74, 6) is -3.90. The van der Waals surface area contributed by atoms with Crippen molar-refractivity contribution in [2.45, 2.75) is 223 Å². The van der Waals surface area contributed by atoms with E-state index in [4.69, 9.17) is 18.5 Å². The lowest BCUT2D eigenvalue weighted by atomic mass is 9.82. The monoisotopic (exact) mass is 909 g/mol. The van der Waals surface area contributed by atoms with E-state index in [9.17, 15) is 59.9 Å². The molecule has 2 bridgehead atoms. The minimum Gasteiger partial charge on any atom is -0.462 e. The summed E-state index contributed by atoms with van der Waals surface area (Å²) in [4.78, 5) is 36.4. The summed E-state index contributed by atoms with van der Waals surface area (Å²) < 4.78 is 34.7. The van der Waals surface area contributed by atoms with Crippen LogP contribution in [0, 0.1) is 11.8 Å². The highest BCUT2D eigenvalue weighted by Gasteiger charge is 2.49. The van der Waals surface area contributed by atoms with Crippen molar-refractivity contribution in [3.8, 4) is 0 Å². The Hall–Kier alpha value is -1.79. The summed E-state index contributed by atoms with van der Waals surface area (Å²) in [7, 11) is -5.43. The molecule has 2 rings (SSSR count). The summed E-state index contributed by atoms with van der Waals surface area (Å²) in [5, 5.41) is 90.2. The van der Waals surface area contributed by atoms with Gasteiger partial charge in [-0.25, -0.2) is 4.57 Å². The third-order valence-corrected chi connectivity index (χ3v) is 12.8. The van der Waals surface area contributed by atoms with E-state index in [1.807, 2.05) is 6.92 Å².